The van der Waals surface area contributed by atoms with E-state index >= 15 is 0 Å². The number of benzene rings is 1. The molecule has 1 aromatic carbocycles. The van der Waals surface area contributed by atoms with Crippen LogP contribution in [0.5, 0.6) is 0 Å². The maximum Gasteiger partial charge on any atom is 0.323 e. The number of aromatic nitrogens is 5. The van der Waals surface area contributed by atoms with E-state index in [1.54, 1.807) is 22.0 Å². The van der Waals surface area contributed by atoms with Crippen molar-refractivity contribution >= 4 is 33.5 Å². The highest BCUT2D eigenvalue weighted by Crippen LogP contribution is 2.30. The molecule has 2 fully saturated rings. The van der Waals surface area contributed by atoms with Crippen molar-refractivity contribution in [3.05, 3.63) is 78.4 Å². The first kappa shape index (κ1) is 31.0. The zero-order chi connectivity index (χ0) is 32.1. The van der Waals surface area contributed by atoms with Crippen molar-refractivity contribution in [2.75, 3.05) is 39.7 Å². The topological polar surface area (TPSA) is 162 Å². The second kappa shape index (κ2) is 13.5. The molecule has 2 N–H and O–H groups in total. The SMILES string of the molecule is Cn1cc(-c2ccc(N(C(=O)NCc3ccccc3)[C@H]3CC[C@H](Nc4ncc(C#N)c(N5CCS(=O)(=O)CC5)n4)CC3)nc2)cn1. The van der Waals surface area contributed by atoms with Gasteiger partial charge in [-0.25, -0.2) is 23.2 Å². The number of hydrogen-bond acceptors (Lipinski definition) is 10. The molecule has 0 bridgehead atoms. The maximum absolute atomic E-state index is 13.7. The first-order chi connectivity index (χ1) is 22.3. The van der Waals surface area contributed by atoms with E-state index in [4.69, 9.17) is 4.98 Å². The zero-order valence-corrected chi connectivity index (χ0v) is 26.4. The van der Waals surface area contributed by atoms with Crippen LogP contribution >= 0.6 is 0 Å². The number of anilines is 3. The smallest absolute Gasteiger partial charge is 0.323 e. The van der Waals surface area contributed by atoms with Crippen molar-refractivity contribution in [2.24, 2.45) is 7.05 Å². The predicted octanol–water partition coefficient (Wildman–Crippen LogP) is 3.52. The van der Waals surface area contributed by atoms with Gasteiger partial charge in [0.25, 0.3) is 0 Å². The molecule has 4 aromatic rings. The minimum Gasteiger partial charge on any atom is -0.353 e. The van der Waals surface area contributed by atoms with Gasteiger partial charge in [0.05, 0.1) is 23.9 Å². The molecule has 0 spiro atoms. The average molecular weight is 641 g/mol. The second-order valence-corrected chi connectivity index (χ2v) is 14.0. The van der Waals surface area contributed by atoms with Crippen LogP contribution < -0.4 is 20.4 Å². The maximum atomic E-state index is 13.7. The summed E-state index contributed by atoms with van der Waals surface area (Å²) >= 11 is 0. The Hall–Kier alpha value is -5.03. The summed E-state index contributed by atoms with van der Waals surface area (Å²) in [6.07, 6.45) is 9.96. The Morgan fingerprint density at radius 2 is 1.76 bits per heavy atom. The molecule has 2 aliphatic rings. The van der Waals surface area contributed by atoms with E-state index in [0.717, 1.165) is 42.4 Å². The molecule has 1 saturated heterocycles. The largest absolute Gasteiger partial charge is 0.353 e. The molecule has 2 amide bonds. The molecule has 0 unspecified atom stereocenters. The monoisotopic (exact) mass is 640 g/mol. The van der Waals surface area contributed by atoms with E-state index in [9.17, 15) is 18.5 Å². The summed E-state index contributed by atoms with van der Waals surface area (Å²) in [6, 6.07) is 15.6. The molecule has 1 saturated carbocycles. The van der Waals surface area contributed by atoms with Crippen LogP contribution in [0.3, 0.4) is 0 Å². The lowest BCUT2D eigenvalue weighted by molar-refractivity contribution is 0.240. The molecule has 6 rings (SSSR count). The van der Waals surface area contributed by atoms with Crippen LogP contribution in [0.2, 0.25) is 0 Å². The van der Waals surface area contributed by atoms with Crippen LogP contribution in [0.25, 0.3) is 11.1 Å². The number of sulfone groups is 1. The van der Waals surface area contributed by atoms with Gasteiger partial charge in [0.15, 0.2) is 15.7 Å². The average Bonchev–Trinajstić information content (AvgIpc) is 3.51. The van der Waals surface area contributed by atoms with E-state index in [2.05, 4.69) is 31.8 Å². The third-order valence-corrected chi connectivity index (χ3v) is 10.1. The van der Waals surface area contributed by atoms with Crippen LogP contribution in [-0.4, -0.2) is 75.9 Å². The number of nitrogens with zero attached hydrogens (tertiary/aromatic N) is 8. The number of nitrogens with one attached hydrogen (secondary N) is 2. The van der Waals surface area contributed by atoms with Crippen molar-refractivity contribution in [1.29, 1.82) is 5.26 Å². The van der Waals surface area contributed by atoms with Gasteiger partial charge in [0.2, 0.25) is 5.95 Å². The van der Waals surface area contributed by atoms with Crippen LogP contribution in [0, 0.1) is 11.3 Å². The van der Waals surface area contributed by atoms with Gasteiger partial charge in [-0.15, -0.1) is 0 Å². The summed E-state index contributed by atoms with van der Waals surface area (Å²) in [4.78, 5) is 31.0. The van der Waals surface area contributed by atoms with Gasteiger partial charge >= 0.3 is 6.03 Å². The van der Waals surface area contributed by atoms with Crippen LogP contribution in [0.1, 0.15) is 36.8 Å². The standard InChI is InChI=1S/C32H36N10O3S/c1-40-22-26(21-37-40)24-7-12-29(34-19-24)42(32(43)36-18-23-5-3-2-4-6-23)28-10-8-27(9-11-28)38-31-35-20-25(17-33)30(39-31)41-13-15-46(44,45)16-14-41/h2-7,12,19-22,27-28H,8-11,13-16,18H2,1H3,(H,36,43)(H,35,38,39)/t27-,28-. The van der Waals surface area contributed by atoms with Crippen molar-refractivity contribution in [3.8, 4) is 17.2 Å². The first-order valence-corrected chi connectivity index (χ1v) is 17.2. The summed E-state index contributed by atoms with van der Waals surface area (Å²) < 4.78 is 25.6. The van der Waals surface area contributed by atoms with Crippen LogP contribution in [0.4, 0.5) is 22.4 Å². The van der Waals surface area contributed by atoms with E-state index in [-0.39, 0.29) is 42.7 Å². The minimum absolute atomic E-state index is 0.0329. The molecule has 1 aliphatic heterocycles. The van der Waals surface area contributed by atoms with Crippen molar-refractivity contribution < 1.29 is 13.2 Å². The van der Waals surface area contributed by atoms with Crippen molar-refractivity contribution in [3.63, 3.8) is 0 Å². The van der Waals surface area contributed by atoms with Gasteiger partial charge in [0.1, 0.15) is 17.5 Å². The van der Waals surface area contributed by atoms with Gasteiger partial charge in [-0.2, -0.15) is 15.3 Å². The molecule has 1 aliphatic carbocycles. The third kappa shape index (κ3) is 7.26. The molecule has 14 heteroatoms. The lowest BCUT2D eigenvalue weighted by atomic mass is 9.90. The fourth-order valence-electron chi connectivity index (χ4n) is 5.93. The number of carbonyl (C=O) groups is 1. The molecule has 13 nitrogen and oxygen atoms in total. The summed E-state index contributed by atoms with van der Waals surface area (Å²) in [5, 5.41) is 20.4. The highest BCUT2D eigenvalue weighted by molar-refractivity contribution is 7.91. The predicted molar refractivity (Wildman–Crippen MR) is 175 cm³/mol. The van der Waals surface area contributed by atoms with Gasteiger partial charge in [-0.05, 0) is 43.4 Å². The van der Waals surface area contributed by atoms with Crippen molar-refractivity contribution in [2.45, 2.75) is 44.3 Å². The normalized spacial score (nSPS) is 19.2. The van der Waals surface area contributed by atoms with E-state index in [0.29, 0.717) is 29.7 Å². The number of urea groups is 1. The molecule has 4 heterocycles. The lowest BCUT2D eigenvalue weighted by Gasteiger charge is -2.36. The van der Waals surface area contributed by atoms with Crippen LogP contribution in [-0.2, 0) is 23.4 Å². The Kier molecular flexibility index (Phi) is 9.11. The molecular weight excluding hydrogens is 604 g/mol. The van der Waals surface area contributed by atoms with E-state index in [1.807, 2.05) is 60.6 Å². The van der Waals surface area contributed by atoms with Gasteiger partial charge in [-0.1, -0.05) is 30.3 Å². The van der Waals surface area contributed by atoms with Gasteiger partial charge in [-0.3, -0.25) is 9.58 Å². The number of carbonyl (C=O) groups excluding carboxylic acids is 1. The summed E-state index contributed by atoms with van der Waals surface area (Å²) in [5.74, 6) is 1.50. The number of aryl methyl sites for hydroxylation is 1. The highest BCUT2D eigenvalue weighted by atomic mass is 32.2. The Morgan fingerprint density at radius 1 is 1.00 bits per heavy atom. The molecule has 238 valence electrons. The Morgan fingerprint density at radius 3 is 2.41 bits per heavy atom. The molecular formula is C32H36N10O3S. The summed E-state index contributed by atoms with van der Waals surface area (Å²) in [7, 11) is -1.20. The van der Waals surface area contributed by atoms with Gasteiger partial charge < -0.3 is 15.5 Å². The van der Waals surface area contributed by atoms with Crippen LogP contribution in [0.15, 0.2) is 67.3 Å². The van der Waals surface area contributed by atoms with E-state index in [1.165, 1.54) is 6.20 Å². The number of rotatable bonds is 8. The quantitative estimate of drug-likeness (QED) is 0.291. The number of nitriles is 1. The summed E-state index contributed by atoms with van der Waals surface area (Å²) in [5.41, 5.74) is 3.19. The molecule has 3 aromatic heterocycles. The Balaban J connectivity index is 1.15. The second-order valence-electron chi connectivity index (χ2n) is 11.7. The zero-order valence-electron chi connectivity index (χ0n) is 25.6. The van der Waals surface area contributed by atoms with E-state index < -0.39 is 9.84 Å². The first-order valence-electron chi connectivity index (χ1n) is 15.3. The number of amides is 2. The fourth-order valence-corrected chi connectivity index (χ4v) is 7.13. The Labute approximate surface area is 268 Å². The number of hydrogen-bond donors (Lipinski definition) is 2. The fraction of sp³-hybridized carbons (Fsp3) is 0.375. The number of pyridine rings is 1. The molecule has 0 atom stereocenters. The van der Waals surface area contributed by atoms with Gasteiger partial charge in [0, 0.05) is 62.3 Å². The van der Waals surface area contributed by atoms with Crippen molar-refractivity contribution in [1.82, 2.24) is 30.0 Å². The third-order valence-electron chi connectivity index (χ3n) is 8.47. The minimum atomic E-state index is -3.07. The Bertz CT molecular complexity index is 1800. The molecule has 0 radical (unpaired) electrons. The molecule has 46 heavy (non-hydrogen) atoms. The lowest BCUT2D eigenvalue weighted by Crippen LogP contribution is -2.49. The summed E-state index contributed by atoms with van der Waals surface area (Å²) in [6.45, 7) is 0.984. The highest BCUT2D eigenvalue weighted by Gasteiger charge is 2.32.